The number of nitrogens with zero attached hydrogens (tertiary/aromatic N) is 2. The zero-order chi connectivity index (χ0) is 19.4. The minimum absolute atomic E-state index is 0.00914. The third-order valence-electron chi connectivity index (χ3n) is 4.80. The average molecular weight is 372 g/mol. The fraction of sp³-hybridized carbons (Fsp3) is 0.550. The van der Waals surface area contributed by atoms with Crippen molar-refractivity contribution in [2.24, 2.45) is 5.41 Å². The molecule has 2 aromatic rings. The molecule has 1 fully saturated rings. The number of amides is 2. The standard InChI is InChI=1S/C20H28N4O3/c1-20(2,3)12-18(25)24-8-6-14(7-9-24)16-11-17(23-22-16)19(26)21-13-15-5-4-10-27-15/h4-5,10-11,14H,6-9,12-13H2,1-3H3,(H,21,26)(H,22,23). The number of likely N-dealkylation sites (tertiary alicyclic amines) is 1. The van der Waals surface area contributed by atoms with Crippen molar-refractivity contribution in [1.29, 1.82) is 0 Å². The molecule has 3 heterocycles. The van der Waals surface area contributed by atoms with Crippen LogP contribution in [0, 0.1) is 5.41 Å². The molecular weight excluding hydrogens is 344 g/mol. The third kappa shape index (κ3) is 5.21. The Kier molecular flexibility index (Phi) is 5.68. The number of carbonyl (C=O) groups is 2. The molecule has 2 amide bonds. The normalized spacial score (nSPS) is 15.7. The van der Waals surface area contributed by atoms with Gasteiger partial charge in [-0.05, 0) is 36.5 Å². The van der Waals surface area contributed by atoms with Crippen molar-refractivity contribution in [2.75, 3.05) is 13.1 Å². The fourth-order valence-electron chi connectivity index (χ4n) is 3.34. The molecule has 0 atom stereocenters. The summed E-state index contributed by atoms with van der Waals surface area (Å²) >= 11 is 0. The average Bonchev–Trinajstić information content (AvgIpc) is 3.30. The zero-order valence-electron chi connectivity index (χ0n) is 16.2. The predicted molar refractivity (Wildman–Crippen MR) is 101 cm³/mol. The summed E-state index contributed by atoms with van der Waals surface area (Å²) < 4.78 is 5.20. The first-order chi connectivity index (χ1) is 12.8. The summed E-state index contributed by atoms with van der Waals surface area (Å²) in [5.41, 5.74) is 1.35. The van der Waals surface area contributed by atoms with Gasteiger partial charge >= 0.3 is 0 Å². The minimum Gasteiger partial charge on any atom is -0.467 e. The van der Waals surface area contributed by atoms with Crippen LogP contribution in [0.1, 0.15) is 67.9 Å². The highest BCUT2D eigenvalue weighted by Crippen LogP contribution is 2.29. The van der Waals surface area contributed by atoms with E-state index >= 15 is 0 Å². The van der Waals surface area contributed by atoms with Crippen molar-refractivity contribution < 1.29 is 14.0 Å². The summed E-state index contributed by atoms with van der Waals surface area (Å²) in [5, 5.41) is 9.93. The van der Waals surface area contributed by atoms with Gasteiger partial charge in [0.1, 0.15) is 11.5 Å². The van der Waals surface area contributed by atoms with Gasteiger partial charge in [0.05, 0.1) is 12.8 Å². The van der Waals surface area contributed by atoms with Crippen LogP contribution in [0.4, 0.5) is 0 Å². The lowest BCUT2D eigenvalue weighted by Gasteiger charge is -2.33. The molecule has 1 aliphatic rings. The molecular formula is C20H28N4O3. The van der Waals surface area contributed by atoms with Crippen LogP contribution in [-0.4, -0.2) is 40.0 Å². The van der Waals surface area contributed by atoms with Crippen LogP contribution in [0.2, 0.25) is 0 Å². The van der Waals surface area contributed by atoms with Crippen LogP contribution in [0.15, 0.2) is 28.9 Å². The van der Waals surface area contributed by atoms with E-state index in [1.54, 1.807) is 12.3 Å². The summed E-state index contributed by atoms with van der Waals surface area (Å²) in [4.78, 5) is 26.5. The molecule has 7 nitrogen and oxygen atoms in total. The van der Waals surface area contributed by atoms with Crippen molar-refractivity contribution in [3.8, 4) is 0 Å². The highest BCUT2D eigenvalue weighted by molar-refractivity contribution is 5.92. The van der Waals surface area contributed by atoms with E-state index in [1.165, 1.54) is 0 Å². The molecule has 0 saturated carbocycles. The summed E-state index contributed by atoms with van der Waals surface area (Å²) in [6, 6.07) is 5.41. The lowest BCUT2D eigenvalue weighted by atomic mass is 9.89. The van der Waals surface area contributed by atoms with E-state index in [2.05, 4.69) is 36.3 Å². The van der Waals surface area contributed by atoms with E-state index < -0.39 is 0 Å². The minimum atomic E-state index is -0.230. The highest BCUT2D eigenvalue weighted by Gasteiger charge is 2.27. The smallest absolute Gasteiger partial charge is 0.272 e. The maximum Gasteiger partial charge on any atom is 0.272 e. The first kappa shape index (κ1) is 19.2. The van der Waals surface area contributed by atoms with Crippen molar-refractivity contribution in [1.82, 2.24) is 20.4 Å². The van der Waals surface area contributed by atoms with Gasteiger partial charge in [-0.3, -0.25) is 14.7 Å². The number of aromatic amines is 1. The monoisotopic (exact) mass is 372 g/mol. The number of aromatic nitrogens is 2. The molecule has 0 aliphatic carbocycles. The van der Waals surface area contributed by atoms with Gasteiger partial charge < -0.3 is 14.6 Å². The molecule has 0 aromatic carbocycles. The number of nitrogens with one attached hydrogen (secondary N) is 2. The van der Waals surface area contributed by atoms with Crippen LogP contribution in [0.25, 0.3) is 0 Å². The van der Waals surface area contributed by atoms with E-state index in [4.69, 9.17) is 4.42 Å². The first-order valence-corrected chi connectivity index (χ1v) is 9.45. The summed E-state index contributed by atoms with van der Waals surface area (Å²) in [6.07, 6.45) is 3.91. The molecule has 0 unspecified atom stereocenters. The maximum atomic E-state index is 12.4. The summed E-state index contributed by atoms with van der Waals surface area (Å²) in [7, 11) is 0. The Labute approximate surface area is 159 Å². The number of H-pyrrole nitrogens is 1. The van der Waals surface area contributed by atoms with Crippen LogP contribution in [0.3, 0.4) is 0 Å². The van der Waals surface area contributed by atoms with Gasteiger partial charge in [-0.1, -0.05) is 20.8 Å². The molecule has 2 aromatic heterocycles. The van der Waals surface area contributed by atoms with Gasteiger partial charge in [0.2, 0.25) is 5.91 Å². The summed E-state index contributed by atoms with van der Waals surface area (Å²) in [6.45, 7) is 8.09. The van der Waals surface area contributed by atoms with Gasteiger partial charge in [0, 0.05) is 31.1 Å². The second kappa shape index (κ2) is 7.98. The Morgan fingerprint density at radius 1 is 1.33 bits per heavy atom. The molecule has 0 radical (unpaired) electrons. The number of furan rings is 1. The van der Waals surface area contributed by atoms with Crippen molar-refractivity contribution in [3.05, 3.63) is 41.6 Å². The molecule has 0 spiro atoms. The second-order valence-corrected chi connectivity index (χ2v) is 8.36. The van der Waals surface area contributed by atoms with Gasteiger partial charge in [-0.15, -0.1) is 0 Å². The molecule has 146 valence electrons. The molecule has 1 aliphatic heterocycles. The molecule has 0 bridgehead atoms. The molecule has 27 heavy (non-hydrogen) atoms. The zero-order valence-corrected chi connectivity index (χ0v) is 16.2. The van der Waals surface area contributed by atoms with Crippen LogP contribution in [0.5, 0.6) is 0 Å². The fourth-order valence-corrected chi connectivity index (χ4v) is 3.34. The molecule has 3 rings (SSSR count). The quantitative estimate of drug-likeness (QED) is 0.844. The van der Waals surface area contributed by atoms with E-state index in [1.807, 2.05) is 17.0 Å². The Morgan fingerprint density at radius 2 is 2.07 bits per heavy atom. The van der Waals surface area contributed by atoms with Crippen LogP contribution >= 0.6 is 0 Å². The van der Waals surface area contributed by atoms with Gasteiger partial charge in [0.25, 0.3) is 5.91 Å². The Morgan fingerprint density at radius 3 is 2.70 bits per heavy atom. The van der Waals surface area contributed by atoms with E-state index in [-0.39, 0.29) is 17.2 Å². The number of rotatable bonds is 5. The lowest BCUT2D eigenvalue weighted by molar-refractivity contribution is -0.134. The lowest BCUT2D eigenvalue weighted by Crippen LogP contribution is -2.39. The van der Waals surface area contributed by atoms with Gasteiger partial charge in [-0.2, -0.15) is 5.10 Å². The molecule has 7 heteroatoms. The third-order valence-corrected chi connectivity index (χ3v) is 4.80. The SMILES string of the molecule is CC(C)(C)CC(=O)N1CCC(c2cc(C(=O)NCc3ccco3)n[nH]2)CC1. The summed E-state index contributed by atoms with van der Waals surface area (Å²) in [5.74, 6) is 0.990. The Balaban J connectivity index is 1.50. The number of hydrogen-bond donors (Lipinski definition) is 2. The number of carbonyl (C=O) groups excluding carboxylic acids is 2. The van der Waals surface area contributed by atoms with Crippen LogP contribution < -0.4 is 5.32 Å². The number of hydrogen-bond acceptors (Lipinski definition) is 4. The second-order valence-electron chi connectivity index (χ2n) is 8.36. The van der Waals surface area contributed by atoms with Crippen molar-refractivity contribution >= 4 is 11.8 Å². The van der Waals surface area contributed by atoms with Gasteiger partial charge in [-0.25, -0.2) is 0 Å². The maximum absolute atomic E-state index is 12.4. The molecule has 2 N–H and O–H groups in total. The van der Waals surface area contributed by atoms with Crippen molar-refractivity contribution in [2.45, 2.75) is 52.5 Å². The molecule has 1 saturated heterocycles. The highest BCUT2D eigenvalue weighted by atomic mass is 16.3. The van der Waals surface area contributed by atoms with Crippen molar-refractivity contribution in [3.63, 3.8) is 0 Å². The first-order valence-electron chi connectivity index (χ1n) is 9.45. The Hall–Kier alpha value is -2.57. The largest absolute Gasteiger partial charge is 0.467 e. The van der Waals surface area contributed by atoms with Crippen LogP contribution in [-0.2, 0) is 11.3 Å². The topological polar surface area (TPSA) is 91.2 Å². The Bertz CT molecular complexity index is 766. The number of piperidine rings is 1. The van der Waals surface area contributed by atoms with E-state index in [0.29, 0.717) is 30.3 Å². The van der Waals surface area contributed by atoms with E-state index in [9.17, 15) is 9.59 Å². The van der Waals surface area contributed by atoms with E-state index in [0.717, 1.165) is 31.6 Å². The predicted octanol–water partition coefficient (Wildman–Crippen LogP) is 3.07. The van der Waals surface area contributed by atoms with Gasteiger partial charge in [0.15, 0.2) is 0 Å².